The van der Waals surface area contributed by atoms with Gasteiger partial charge < -0.3 is 19.7 Å². The molecule has 0 saturated carbocycles. The van der Waals surface area contributed by atoms with E-state index in [2.05, 4.69) is 59.5 Å². The van der Waals surface area contributed by atoms with Crippen LogP contribution in [0.1, 0.15) is 50.4 Å². The average molecular weight is 416 g/mol. The third kappa shape index (κ3) is 6.40. The largest absolute Gasteiger partial charge is 0.490 e. The Kier molecular flexibility index (Phi) is 9.02. The van der Waals surface area contributed by atoms with Crippen LogP contribution in [0.3, 0.4) is 0 Å². The predicted octanol–water partition coefficient (Wildman–Crippen LogP) is 3.59. The third-order valence-corrected chi connectivity index (χ3v) is 4.77. The lowest BCUT2D eigenvalue weighted by molar-refractivity contribution is 0.287. The molecule has 2 rings (SSSR count). The van der Waals surface area contributed by atoms with Crippen molar-refractivity contribution in [1.29, 1.82) is 0 Å². The van der Waals surface area contributed by atoms with E-state index in [0.717, 1.165) is 42.7 Å². The Bertz CT molecular complexity index is 829. The summed E-state index contributed by atoms with van der Waals surface area (Å²) in [5.41, 5.74) is 3.56. The highest BCUT2D eigenvalue weighted by molar-refractivity contribution is 5.79. The van der Waals surface area contributed by atoms with Crippen LogP contribution >= 0.6 is 0 Å². The van der Waals surface area contributed by atoms with Crippen LogP contribution in [0.15, 0.2) is 29.4 Å². The lowest BCUT2D eigenvalue weighted by atomic mass is 10.1. The molecule has 166 valence electrons. The van der Waals surface area contributed by atoms with Crippen molar-refractivity contribution < 1.29 is 9.47 Å². The van der Waals surface area contributed by atoms with Crippen LogP contribution in [-0.2, 0) is 20.0 Å². The summed E-state index contributed by atoms with van der Waals surface area (Å²) in [6.45, 7) is 11.1. The number of nitrogens with zero attached hydrogens (tertiary/aromatic N) is 4. The monoisotopic (exact) mass is 415 g/mol. The molecular weight excluding hydrogens is 378 g/mol. The highest BCUT2D eigenvalue weighted by Gasteiger charge is 2.15. The van der Waals surface area contributed by atoms with E-state index in [1.54, 1.807) is 0 Å². The van der Waals surface area contributed by atoms with Crippen LogP contribution in [0.2, 0.25) is 0 Å². The summed E-state index contributed by atoms with van der Waals surface area (Å²) in [6, 6.07) is 6.14. The molecular formula is C23H37N5O2. The number of guanidine groups is 1. The normalized spacial score (nSPS) is 11.7. The highest BCUT2D eigenvalue weighted by Crippen LogP contribution is 2.28. The highest BCUT2D eigenvalue weighted by atomic mass is 16.5. The van der Waals surface area contributed by atoms with Crippen LogP contribution in [0.25, 0.3) is 0 Å². The molecule has 0 spiro atoms. The summed E-state index contributed by atoms with van der Waals surface area (Å²) >= 11 is 0. The molecule has 0 saturated heterocycles. The van der Waals surface area contributed by atoms with Crippen LogP contribution in [0.5, 0.6) is 11.5 Å². The molecule has 7 nitrogen and oxygen atoms in total. The molecule has 1 heterocycles. The van der Waals surface area contributed by atoms with Gasteiger partial charge in [0, 0.05) is 46.0 Å². The Labute approximate surface area is 181 Å². The second kappa shape index (κ2) is 11.5. The fourth-order valence-corrected chi connectivity index (χ4v) is 3.45. The summed E-state index contributed by atoms with van der Waals surface area (Å²) in [4.78, 5) is 6.57. The Morgan fingerprint density at radius 2 is 1.90 bits per heavy atom. The summed E-state index contributed by atoms with van der Waals surface area (Å²) in [7, 11) is 5.84. The molecule has 0 fully saturated rings. The van der Waals surface area contributed by atoms with Gasteiger partial charge in [-0.25, -0.2) is 0 Å². The molecule has 30 heavy (non-hydrogen) atoms. The van der Waals surface area contributed by atoms with Crippen molar-refractivity contribution in [2.24, 2.45) is 12.0 Å². The van der Waals surface area contributed by atoms with Crippen molar-refractivity contribution in [2.45, 2.75) is 46.6 Å². The third-order valence-electron chi connectivity index (χ3n) is 4.77. The molecule has 0 aliphatic heterocycles. The second-order valence-corrected chi connectivity index (χ2v) is 7.60. The number of rotatable bonds is 10. The van der Waals surface area contributed by atoms with Gasteiger partial charge in [0.1, 0.15) is 0 Å². The van der Waals surface area contributed by atoms with Gasteiger partial charge in [-0.05, 0) is 43.9 Å². The Balaban J connectivity index is 1.96. The quantitative estimate of drug-likeness (QED) is 0.475. The Morgan fingerprint density at radius 3 is 2.53 bits per heavy atom. The molecule has 1 aromatic carbocycles. The van der Waals surface area contributed by atoms with Gasteiger partial charge in [-0.2, -0.15) is 5.10 Å². The summed E-state index contributed by atoms with van der Waals surface area (Å²) < 4.78 is 13.3. The van der Waals surface area contributed by atoms with E-state index in [9.17, 15) is 0 Å². The molecule has 0 amide bonds. The van der Waals surface area contributed by atoms with E-state index < -0.39 is 0 Å². The van der Waals surface area contributed by atoms with Crippen molar-refractivity contribution in [1.82, 2.24) is 20.0 Å². The fraction of sp³-hybridized carbons (Fsp3) is 0.565. The summed E-state index contributed by atoms with van der Waals surface area (Å²) in [5.74, 6) is 2.86. The number of ether oxygens (including phenoxy) is 2. The lowest BCUT2D eigenvalue weighted by Crippen LogP contribution is -2.39. The minimum atomic E-state index is 0.392. The van der Waals surface area contributed by atoms with Gasteiger partial charge in [-0.15, -0.1) is 0 Å². The number of aryl methyl sites for hydroxylation is 1. The molecule has 1 aromatic heterocycles. The van der Waals surface area contributed by atoms with Gasteiger partial charge in [0.05, 0.1) is 18.9 Å². The number of aliphatic imine (C=N–C) groups is 1. The zero-order valence-corrected chi connectivity index (χ0v) is 19.5. The van der Waals surface area contributed by atoms with Crippen molar-refractivity contribution in [3.05, 3.63) is 41.2 Å². The van der Waals surface area contributed by atoms with E-state index in [1.807, 2.05) is 38.7 Å². The minimum absolute atomic E-state index is 0.392. The first-order valence-electron chi connectivity index (χ1n) is 10.7. The number of aromatic nitrogens is 2. The first kappa shape index (κ1) is 23.6. The Morgan fingerprint density at radius 1 is 1.20 bits per heavy atom. The standard InChI is InChI=1S/C23H37N5O2/c1-8-29-20-11-10-18(14-21(20)30-9-2)12-13-25-23(24-5)27(6)15-19-16-28(7)26-22(19)17(3)4/h10-11,14,16-17H,8-9,12-13,15H2,1-7H3,(H,24,25). The molecule has 1 N–H and O–H groups in total. The zero-order valence-electron chi connectivity index (χ0n) is 19.5. The van der Waals surface area contributed by atoms with Crippen LogP contribution in [0.4, 0.5) is 0 Å². The zero-order chi connectivity index (χ0) is 22.1. The molecule has 0 aliphatic carbocycles. The first-order chi connectivity index (χ1) is 14.4. The van der Waals surface area contributed by atoms with E-state index in [4.69, 9.17) is 9.47 Å². The minimum Gasteiger partial charge on any atom is -0.490 e. The topological polar surface area (TPSA) is 63.9 Å². The molecule has 0 atom stereocenters. The van der Waals surface area contributed by atoms with Crippen LogP contribution < -0.4 is 14.8 Å². The van der Waals surface area contributed by atoms with Gasteiger partial charge in [0.2, 0.25) is 0 Å². The Hall–Kier alpha value is -2.70. The fourth-order valence-electron chi connectivity index (χ4n) is 3.45. The number of nitrogens with one attached hydrogen (secondary N) is 1. The van der Waals surface area contributed by atoms with E-state index in [-0.39, 0.29) is 0 Å². The number of benzene rings is 1. The molecule has 0 bridgehead atoms. The van der Waals surface area contributed by atoms with E-state index in [0.29, 0.717) is 19.1 Å². The molecule has 0 aliphatic rings. The SMILES string of the molecule is CCOc1ccc(CCNC(=NC)N(C)Cc2cn(C)nc2C(C)C)cc1OCC. The predicted molar refractivity (Wildman–Crippen MR) is 123 cm³/mol. The van der Waals surface area contributed by atoms with Crippen molar-refractivity contribution in [2.75, 3.05) is 33.9 Å². The van der Waals surface area contributed by atoms with Gasteiger partial charge in [0.25, 0.3) is 0 Å². The summed E-state index contributed by atoms with van der Waals surface area (Å²) in [6.07, 6.45) is 2.96. The lowest BCUT2D eigenvalue weighted by Gasteiger charge is -2.22. The maximum Gasteiger partial charge on any atom is 0.193 e. The van der Waals surface area contributed by atoms with E-state index >= 15 is 0 Å². The average Bonchev–Trinajstić information content (AvgIpc) is 3.07. The smallest absolute Gasteiger partial charge is 0.193 e. The number of hydrogen-bond acceptors (Lipinski definition) is 4. The second-order valence-electron chi connectivity index (χ2n) is 7.60. The molecule has 2 aromatic rings. The van der Waals surface area contributed by atoms with Gasteiger partial charge in [-0.3, -0.25) is 9.67 Å². The maximum absolute atomic E-state index is 5.73. The van der Waals surface area contributed by atoms with Crippen LogP contribution in [-0.4, -0.2) is 54.5 Å². The first-order valence-corrected chi connectivity index (χ1v) is 10.7. The molecule has 7 heteroatoms. The van der Waals surface area contributed by atoms with Crippen molar-refractivity contribution in [3.8, 4) is 11.5 Å². The number of hydrogen-bond donors (Lipinski definition) is 1. The van der Waals surface area contributed by atoms with Crippen molar-refractivity contribution in [3.63, 3.8) is 0 Å². The maximum atomic E-state index is 5.73. The van der Waals surface area contributed by atoms with Gasteiger partial charge in [0.15, 0.2) is 17.5 Å². The van der Waals surface area contributed by atoms with Crippen LogP contribution in [0, 0.1) is 0 Å². The van der Waals surface area contributed by atoms with Gasteiger partial charge in [-0.1, -0.05) is 19.9 Å². The molecule has 0 radical (unpaired) electrons. The van der Waals surface area contributed by atoms with Crippen molar-refractivity contribution >= 4 is 5.96 Å². The van der Waals surface area contributed by atoms with E-state index in [1.165, 1.54) is 11.1 Å². The molecule has 0 unspecified atom stereocenters. The summed E-state index contributed by atoms with van der Waals surface area (Å²) in [5, 5.41) is 8.06. The van der Waals surface area contributed by atoms with Gasteiger partial charge >= 0.3 is 0 Å².